The summed E-state index contributed by atoms with van der Waals surface area (Å²) in [4.78, 5) is 8.41. The quantitative estimate of drug-likeness (QED) is 0.859. The van der Waals surface area contributed by atoms with E-state index in [1.807, 2.05) is 24.8 Å². The number of aromatic nitrogens is 3. The van der Waals surface area contributed by atoms with Crippen molar-refractivity contribution in [3.8, 4) is 11.3 Å². The third-order valence-electron chi connectivity index (χ3n) is 3.51. The van der Waals surface area contributed by atoms with Crippen molar-refractivity contribution in [3.05, 3.63) is 31.0 Å². The van der Waals surface area contributed by atoms with Crippen LogP contribution in [0.5, 0.6) is 0 Å². The van der Waals surface area contributed by atoms with Gasteiger partial charge in [-0.3, -0.25) is 4.98 Å². The number of hydrogen-bond acceptors (Lipinski definition) is 3. The lowest BCUT2D eigenvalue weighted by atomic mass is 10.1. The van der Waals surface area contributed by atoms with Crippen LogP contribution >= 0.6 is 0 Å². The molecule has 0 unspecified atom stereocenters. The van der Waals surface area contributed by atoms with Crippen molar-refractivity contribution in [1.29, 1.82) is 0 Å². The highest BCUT2D eigenvalue weighted by Gasteiger charge is 2.20. The van der Waals surface area contributed by atoms with Gasteiger partial charge in [-0.15, -0.1) is 0 Å². The summed E-state index contributed by atoms with van der Waals surface area (Å²) in [5, 5.41) is 0. The molecule has 1 saturated carbocycles. The summed E-state index contributed by atoms with van der Waals surface area (Å²) in [6.07, 6.45) is 12.4. The predicted molar refractivity (Wildman–Crippen MR) is 67.4 cm³/mol. The van der Waals surface area contributed by atoms with Crippen molar-refractivity contribution >= 4 is 5.69 Å². The third-order valence-corrected chi connectivity index (χ3v) is 3.51. The molecule has 1 aliphatic carbocycles. The summed E-state index contributed by atoms with van der Waals surface area (Å²) < 4.78 is 2.25. The summed E-state index contributed by atoms with van der Waals surface area (Å²) in [5.74, 6) is 0. The van der Waals surface area contributed by atoms with E-state index in [0.29, 0.717) is 6.04 Å². The Morgan fingerprint density at radius 3 is 2.76 bits per heavy atom. The van der Waals surface area contributed by atoms with Crippen LogP contribution in [0.3, 0.4) is 0 Å². The molecule has 4 heteroatoms. The van der Waals surface area contributed by atoms with Crippen molar-refractivity contribution in [2.75, 3.05) is 5.73 Å². The molecule has 3 rings (SSSR count). The zero-order valence-electron chi connectivity index (χ0n) is 9.71. The van der Waals surface area contributed by atoms with E-state index >= 15 is 0 Å². The second-order valence-electron chi connectivity index (χ2n) is 4.59. The molecule has 2 heterocycles. The Bertz CT molecular complexity index is 512. The van der Waals surface area contributed by atoms with Crippen molar-refractivity contribution in [2.24, 2.45) is 0 Å². The molecule has 0 aromatic carbocycles. The number of pyridine rings is 1. The molecule has 1 aliphatic rings. The molecular formula is C13H16N4. The second kappa shape index (κ2) is 4.20. The van der Waals surface area contributed by atoms with Crippen LogP contribution in [-0.4, -0.2) is 14.5 Å². The zero-order chi connectivity index (χ0) is 11.7. The molecular weight excluding hydrogens is 212 g/mol. The highest BCUT2D eigenvalue weighted by Crippen LogP contribution is 2.34. The molecule has 0 radical (unpaired) electrons. The minimum atomic E-state index is 0.576. The highest BCUT2D eigenvalue weighted by atomic mass is 15.1. The van der Waals surface area contributed by atoms with Crippen LogP contribution in [-0.2, 0) is 0 Å². The molecule has 0 bridgehead atoms. The minimum absolute atomic E-state index is 0.576. The van der Waals surface area contributed by atoms with Gasteiger partial charge >= 0.3 is 0 Å². The minimum Gasteiger partial charge on any atom is -0.398 e. The molecule has 4 nitrogen and oxygen atoms in total. The van der Waals surface area contributed by atoms with Crippen molar-refractivity contribution < 1.29 is 0 Å². The van der Waals surface area contributed by atoms with Crippen LogP contribution in [0.15, 0.2) is 31.0 Å². The van der Waals surface area contributed by atoms with Gasteiger partial charge in [-0.25, -0.2) is 4.98 Å². The average Bonchev–Trinajstić information content (AvgIpc) is 3.00. The Labute approximate surface area is 101 Å². The normalized spacial score (nSPS) is 16.5. The lowest BCUT2D eigenvalue weighted by molar-refractivity contribution is 0.523. The maximum atomic E-state index is 6.00. The summed E-state index contributed by atoms with van der Waals surface area (Å²) in [6.45, 7) is 0. The molecule has 88 valence electrons. The van der Waals surface area contributed by atoms with Gasteiger partial charge in [0.15, 0.2) is 0 Å². The number of nitrogens with zero attached hydrogens (tertiary/aromatic N) is 3. The van der Waals surface area contributed by atoms with Crippen molar-refractivity contribution in [1.82, 2.24) is 14.5 Å². The Hall–Kier alpha value is -1.84. The summed E-state index contributed by atoms with van der Waals surface area (Å²) in [6, 6.07) is 2.41. The van der Waals surface area contributed by atoms with E-state index < -0.39 is 0 Å². The molecule has 0 aliphatic heterocycles. The largest absolute Gasteiger partial charge is 0.398 e. The predicted octanol–water partition coefficient (Wildman–Crippen LogP) is 2.64. The van der Waals surface area contributed by atoms with Crippen LogP contribution in [0, 0.1) is 0 Å². The molecule has 1 fully saturated rings. The first-order chi connectivity index (χ1) is 8.36. The lowest BCUT2D eigenvalue weighted by Gasteiger charge is -2.15. The first-order valence-corrected chi connectivity index (χ1v) is 6.08. The van der Waals surface area contributed by atoms with Crippen LogP contribution in [0.25, 0.3) is 11.3 Å². The average molecular weight is 228 g/mol. The topological polar surface area (TPSA) is 56.7 Å². The van der Waals surface area contributed by atoms with Crippen molar-refractivity contribution in [2.45, 2.75) is 31.7 Å². The Morgan fingerprint density at radius 1 is 1.18 bits per heavy atom. The number of imidazole rings is 1. The van der Waals surface area contributed by atoms with E-state index in [1.165, 1.54) is 25.7 Å². The molecule has 0 spiro atoms. The van der Waals surface area contributed by atoms with E-state index in [9.17, 15) is 0 Å². The van der Waals surface area contributed by atoms with Gasteiger partial charge in [0.2, 0.25) is 0 Å². The number of hydrogen-bond donors (Lipinski definition) is 1. The molecule has 2 N–H and O–H groups in total. The zero-order valence-corrected chi connectivity index (χ0v) is 9.71. The van der Waals surface area contributed by atoms with Gasteiger partial charge in [0.1, 0.15) is 0 Å². The van der Waals surface area contributed by atoms with Crippen LogP contribution in [0.4, 0.5) is 5.69 Å². The van der Waals surface area contributed by atoms with Crippen molar-refractivity contribution in [3.63, 3.8) is 0 Å². The fourth-order valence-electron chi connectivity index (χ4n) is 2.61. The third kappa shape index (κ3) is 1.79. The molecule has 2 aromatic rings. The van der Waals surface area contributed by atoms with Gasteiger partial charge in [0.05, 0.1) is 18.2 Å². The van der Waals surface area contributed by atoms with E-state index in [1.54, 1.807) is 6.20 Å². The molecule has 0 saturated heterocycles. The van der Waals surface area contributed by atoms with Crippen LogP contribution < -0.4 is 5.73 Å². The summed E-state index contributed by atoms with van der Waals surface area (Å²) >= 11 is 0. The van der Waals surface area contributed by atoms with Gasteiger partial charge in [-0.1, -0.05) is 12.8 Å². The lowest BCUT2D eigenvalue weighted by Crippen LogP contribution is -2.05. The maximum Gasteiger partial charge on any atom is 0.0953 e. The Kier molecular flexibility index (Phi) is 2.55. The highest BCUT2D eigenvalue weighted by molar-refractivity contribution is 5.72. The summed E-state index contributed by atoms with van der Waals surface area (Å²) in [7, 11) is 0. The number of anilines is 1. The first-order valence-electron chi connectivity index (χ1n) is 6.08. The maximum absolute atomic E-state index is 6.00. The molecule has 17 heavy (non-hydrogen) atoms. The molecule has 2 aromatic heterocycles. The van der Waals surface area contributed by atoms with E-state index in [2.05, 4.69) is 14.5 Å². The van der Waals surface area contributed by atoms with Gasteiger partial charge in [0.25, 0.3) is 0 Å². The Balaban J connectivity index is 2.04. The van der Waals surface area contributed by atoms with E-state index in [-0.39, 0.29) is 0 Å². The first kappa shape index (κ1) is 10.3. The van der Waals surface area contributed by atoms with Gasteiger partial charge in [-0.2, -0.15) is 0 Å². The van der Waals surface area contributed by atoms with E-state index in [0.717, 1.165) is 16.9 Å². The van der Waals surface area contributed by atoms with Gasteiger partial charge in [-0.05, 0) is 18.9 Å². The standard InChI is InChI=1S/C13H16N4/c14-12-5-6-15-7-11(12)13-8-16-9-17(13)10-3-1-2-4-10/h5-10H,1-4H2,(H2,14,15). The smallest absolute Gasteiger partial charge is 0.0953 e. The summed E-state index contributed by atoms with van der Waals surface area (Å²) in [5.41, 5.74) is 8.83. The fraction of sp³-hybridized carbons (Fsp3) is 0.385. The monoisotopic (exact) mass is 228 g/mol. The van der Waals surface area contributed by atoms with Gasteiger partial charge < -0.3 is 10.3 Å². The molecule has 0 amide bonds. The van der Waals surface area contributed by atoms with Gasteiger partial charge in [0, 0.05) is 29.7 Å². The molecule has 0 atom stereocenters. The second-order valence-corrected chi connectivity index (χ2v) is 4.59. The SMILES string of the molecule is Nc1ccncc1-c1cncn1C1CCCC1. The van der Waals surface area contributed by atoms with Crippen LogP contribution in [0.1, 0.15) is 31.7 Å². The fourth-order valence-corrected chi connectivity index (χ4v) is 2.61. The van der Waals surface area contributed by atoms with Crippen LogP contribution in [0.2, 0.25) is 0 Å². The number of nitrogen functional groups attached to an aromatic ring is 1. The van der Waals surface area contributed by atoms with E-state index in [4.69, 9.17) is 5.73 Å². The number of rotatable bonds is 2. The Morgan fingerprint density at radius 2 is 2.00 bits per heavy atom. The number of nitrogens with two attached hydrogens (primary N) is 1.